The maximum atomic E-state index is 11.7. The van der Waals surface area contributed by atoms with Gasteiger partial charge in [0.05, 0.1) is 15.2 Å². The van der Waals surface area contributed by atoms with Crippen molar-refractivity contribution in [1.82, 2.24) is 0 Å². The number of esters is 1. The third-order valence-electron chi connectivity index (χ3n) is 2.58. The number of carbonyl (C=O) groups excluding carboxylic acids is 1. The topological polar surface area (TPSA) is 26.3 Å². The van der Waals surface area contributed by atoms with Crippen LogP contribution in [-0.2, 0) is 16.0 Å². The van der Waals surface area contributed by atoms with Crippen molar-refractivity contribution in [3.05, 3.63) is 47.2 Å². The van der Waals surface area contributed by atoms with Crippen LogP contribution in [0, 0.1) is 0 Å². The van der Waals surface area contributed by atoms with E-state index in [0.717, 1.165) is 18.4 Å². The van der Waals surface area contributed by atoms with Crippen molar-refractivity contribution < 1.29 is 9.53 Å². The van der Waals surface area contributed by atoms with Gasteiger partial charge in [0.15, 0.2) is 0 Å². The Bertz CT molecular complexity index is 416. The number of carbonyl (C=O) groups is 1. The third kappa shape index (κ3) is 5.32. The minimum absolute atomic E-state index is 0.187. The summed E-state index contributed by atoms with van der Waals surface area (Å²) in [5.41, 5.74) is 4.21. The highest BCUT2D eigenvalue weighted by molar-refractivity contribution is 6.81. The first-order chi connectivity index (χ1) is 8.42. The number of methoxy groups -OCH3 is 1. The van der Waals surface area contributed by atoms with Gasteiger partial charge in [-0.2, -0.15) is 0 Å². The summed E-state index contributed by atoms with van der Waals surface area (Å²) in [7, 11) is 0.0469. The average molecular weight is 262 g/mol. The van der Waals surface area contributed by atoms with Crippen LogP contribution < -0.4 is 0 Å². The number of hydrogen-bond donors (Lipinski definition) is 0. The molecule has 0 aliphatic carbocycles. The molecule has 0 spiro atoms. The number of rotatable bonds is 5. The lowest BCUT2D eigenvalue weighted by atomic mass is 10.1. The summed E-state index contributed by atoms with van der Waals surface area (Å²) in [4.78, 5) is 11.7. The van der Waals surface area contributed by atoms with Gasteiger partial charge in [0, 0.05) is 5.57 Å². The molecular formula is C15H22O2Si. The fourth-order valence-electron chi connectivity index (χ4n) is 1.81. The number of ether oxygens (including phenoxy) is 1. The molecule has 3 heteroatoms. The molecule has 0 fully saturated rings. The lowest BCUT2D eigenvalue weighted by Gasteiger charge is -2.13. The van der Waals surface area contributed by atoms with Crippen LogP contribution in [0.25, 0.3) is 0 Å². The van der Waals surface area contributed by atoms with Crippen LogP contribution in [0.5, 0.6) is 0 Å². The second-order valence-electron chi connectivity index (χ2n) is 5.51. The molecule has 0 aliphatic heterocycles. The molecule has 18 heavy (non-hydrogen) atoms. The first kappa shape index (κ1) is 14.7. The third-order valence-corrected chi connectivity index (χ3v) is 3.80. The van der Waals surface area contributed by atoms with E-state index in [0.29, 0.717) is 0 Å². The number of benzene rings is 1. The van der Waals surface area contributed by atoms with Gasteiger partial charge >= 0.3 is 5.97 Å². The van der Waals surface area contributed by atoms with Crippen LogP contribution in [0.1, 0.15) is 12.0 Å². The Morgan fingerprint density at radius 3 is 2.33 bits per heavy atom. The quantitative estimate of drug-likeness (QED) is 0.460. The van der Waals surface area contributed by atoms with Crippen LogP contribution in [-0.4, -0.2) is 21.2 Å². The molecule has 0 N–H and O–H groups in total. The summed E-state index contributed by atoms with van der Waals surface area (Å²) in [6.07, 6.45) is 1.63. The predicted octanol–water partition coefficient (Wildman–Crippen LogP) is 3.60. The molecule has 1 rings (SSSR count). The molecule has 0 aliphatic rings. The first-order valence-corrected chi connectivity index (χ1v) is 9.84. The van der Waals surface area contributed by atoms with Crippen molar-refractivity contribution in [1.29, 1.82) is 0 Å². The van der Waals surface area contributed by atoms with Crippen LogP contribution >= 0.6 is 0 Å². The van der Waals surface area contributed by atoms with Gasteiger partial charge in [0.1, 0.15) is 0 Å². The molecular weight excluding hydrogens is 240 g/mol. The van der Waals surface area contributed by atoms with E-state index in [4.69, 9.17) is 4.74 Å². The summed E-state index contributed by atoms with van der Waals surface area (Å²) >= 11 is 0. The van der Waals surface area contributed by atoms with Gasteiger partial charge in [-0.25, -0.2) is 4.79 Å². The van der Waals surface area contributed by atoms with Crippen molar-refractivity contribution in [2.75, 3.05) is 7.11 Å². The predicted molar refractivity (Wildman–Crippen MR) is 78.2 cm³/mol. The average Bonchev–Trinajstić information content (AvgIpc) is 2.33. The minimum atomic E-state index is -1.40. The zero-order valence-corrected chi connectivity index (χ0v) is 12.7. The Labute approximate surface area is 111 Å². The summed E-state index contributed by atoms with van der Waals surface area (Å²) in [6.45, 7) is 6.66. The Kier molecular flexibility index (Phi) is 5.35. The molecule has 1 aromatic carbocycles. The second-order valence-corrected chi connectivity index (χ2v) is 10.5. The second kappa shape index (κ2) is 6.54. The maximum absolute atomic E-state index is 11.7. The van der Waals surface area contributed by atoms with E-state index in [1.165, 1.54) is 12.7 Å². The van der Waals surface area contributed by atoms with E-state index < -0.39 is 8.07 Å². The van der Waals surface area contributed by atoms with Crippen molar-refractivity contribution in [2.24, 2.45) is 0 Å². The standard InChI is InChI=1S/C15H22O2Si/c1-17-15(16)14(12-18(2,3)4)11-10-13-8-6-5-7-9-13/h5-9,12H,10-11H2,1-4H3/b14-12-. The van der Waals surface area contributed by atoms with Crippen molar-refractivity contribution in [3.63, 3.8) is 0 Å². The molecule has 98 valence electrons. The highest BCUT2D eigenvalue weighted by atomic mass is 28.3. The van der Waals surface area contributed by atoms with Crippen LogP contribution in [0.4, 0.5) is 0 Å². The summed E-state index contributed by atoms with van der Waals surface area (Å²) in [6, 6.07) is 10.2. The van der Waals surface area contributed by atoms with Gasteiger partial charge in [0.2, 0.25) is 0 Å². The van der Waals surface area contributed by atoms with E-state index in [-0.39, 0.29) is 5.97 Å². The van der Waals surface area contributed by atoms with Gasteiger partial charge in [-0.15, -0.1) is 0 Å². The fourth-order valence-corrected chi connectivity index (χ4v) is 3.12. The zero-order valence-electron chi connectivity index (χ0n) is 11.7. The fraction of sp³-hybridized carbons (Fsp3) is 0.400. The molecule has 0 heterocycles. The van der Waals surface area contributed by atoms with E-state index in [1.807, 2.05) is 18.2 Å². The summed E-state index contributed by atoms with van der Waals surface area (Å²) < 4.78 is 4.86. The lowest BCUT2D eigenvalue weighted by molar-refractivity contribution is -0.136. The molecule has 0 unspecified atom stereocenters. The summed E-state index contributed by atoms with van der Waals surface area (Å²) in [5.74, 6) is -0.187. The zero-order chi connectivity index (χ0) is 13.6. The van der Waals surface area contributed by atoms with Crippen LogP contribution in [0.3, 0.4) is 0 Å². The number of hydrogen-bond acceptors (Lipinski definition) is 2. The largest absolute Gasteiger partial charge is 0.466 e. The van der Waals surface area contributed by atoms with E-state index in [9.17, 15) is 4.79 Å². The lowest BCUT2D eigenvalue weighted by Crippen LogP contribution is -2.20. The van der Waals surface area contributed by atoms with Gasteiger partial charge in [-0.1, -0.05) is 55.7 Å². The van der Waals surface area contributed by atoms with Crippen molar-refractivity contribution in [2.45, 2.75) is 32.5 Å². The molecule has 0 amide bonds. The molecule has 0 atom stereocenters. The van der Waals surface area contributed by atoms with E-state index in [1.54, 1.807) is 0 Å². The Balaban J connectivity index is 2.75. The smallest absolute Gasteiger partial charge is 0.333 e. The SMILES string of the molecule is COC(=O)/C(=C\[Si](C)(C)C)CCc1ccccc1. The molecule has 0 bridgehead atoms. The normalized spacial score (nSPS) is 12.3. The van der Waals surface area contributed by atoms with Gasteiger partial charge < -0.3 is 4.74 Å². The van der Waals surface area contributed by atoms with E-state index >= 15 is 0 Å². The molecule has 2 nitrogen and oxygen atoms in total. The first-order valence-electron chi connectivity index (χ1n) is 6.26. The van der Waals surface area contributed by atoms with Gasteiger partial charge in [-0.3, -0.25) is 0 Å². The van der Waals surface area contributed by atoms with Gasteiger partial charge in [-0.05, 0) is 18.4 Å². The highest BCUT2D eigenvalue weighted by Crippen LogP contribution is 2.15. The summed E-state index contributed by atoms with van der Waals surface area (Å²) in [5, 5.41) is 0. The van der Waals surface area contributed by atoms with Crippen LogP contribution in [0.2, 0.25) is 19.6 Å². The van der Waals surface area contributed by atoms with E-state index in [2.05, 4.69) is 37.5 Å². The maximum Gasteiger partial charge on any atom is 0.333 e. The number of aryl methyl sites for hydroxylation is 1. The van der Waals surface area contributed by atoms with Gasteiger partial charge in [0.25, 0.3) is 0 Å². The molecule has 0 saturated carbocycles. The molecule has 0 radical (unpaired) electrons. The molecule has 0 aromatic heterocycles. The monoisotopic (exact) mass is 262 g/mol. The van der Waals surface area contributed by atoms with Crippen molar-refractivity contribution >= 4 is 14.0 Å². The molecule has 1 aromatic rings. The van der Waals surface area contributed by atoms with Crippen molar-refractivity contribution in [3.8, 4) is 0 Å². The Morgan fingerprint density at radius 2 is 1.83 bits per heavy atom. The highest BCUT2D eigenvalue weighted by Gasteiger charge is 2.16. The Morgan fingerprint density at radius 1 is 1.22 bits per heavy atom. The molecule has 0 saturated heterocycles. The minimum Gasteiger partial charge on any atom is -0.466 e. The Hall–Kier alpha value is -1.35. The van der Waals surface area contributed by atoms with Crippen LogP contribution in [0.15, 0.2) is 41.6 Å².